The largest absolute Gasteiger partial charge is 0.393 e. The third-order valence-corrected chi connectivity index (χ3v) is 2.52. The SMILES string of the molecule is Cc1ccc(C(C)C(C)O)c(F)c1F. The maximum atomic E-state index is 13.4. The Morgan fingerprint density at radius 3 is 2.21 bits per heavy atom. The Labute approximate surface area is 82.4 Å². The summed E-state index contributed by atoms with van der Waals surface area (Å²) in [4.78, 5) is 0. The smallest absolute Gasteiger partial charge is 0.162 e. The number of halogens is 2. The minimum Gasteiger partial charge on any atom is -0.393 e. The Bertz CT molecular complexity index is 334. The molecule has 1 aromatic carbocycles. The number of hydrogen-bond donors (Lipinski definition) is 1. The van der Waals surface area contributed by atoms with E-state index in [-0.39, 0.29) is 11.1 Å². The van der Waals surface area contributed by atoms with Crippen LogP contribution in [0.5, 0.6) is 0 Å². The molecule has 1 nitrogen and oxygen atoms in total. The van der Waals surface area contributed by atoms with Gasteiger partial charge in [-0.2, -0.15) is 0 Å². The monoisotopic (exact) mass is 200 g/mol. The van der Waals surface area contributed by atoms with E-state index in [1.54, 1.807) is 13.8 Å². The molecule has 2 atom stereocenters. The second kappa shape index (κ2) is 4.05. The highest BCUT2D eigenvalue weighted by molar-refractivity contribution is 5.28. The van der Waals surface area contributed by atoms with E-state index in [4.69, 9.17) is 0 Å². The first kappa shape index (κ1) is 11.1. The standard InChI is InChI=1S/C11H14F2O/c1-6-4-5-9(7(2)8(3)14)11(13)10(6)12/h4-5,7-8,14H,1-3H3. The molecule has 0 heterocycles. The van der Waals surface area contributed by atoms with Gasteiger partial charge in [0.2, 0.25) is 0 Å². The molecule has 0 saturated carbocycles. The van der Waals surface area contributed by atoms with Crippen molar-refractivity contribution in [3.05, 3.63) is 34.9 Å². The zero-order chi connectivity index (χ0) is 10.9. The lowest BCUT2D eigenvalue weighted by molar-refractivity contribution is 0.167. The van der Waals surface area contributed by atoms with Crippen LogP contribution in [0.25, 0.3) is 0 Å². The van der Waals surface area contributed by atoms with Gasteiger partial charge in [0.25, 0.3) is 0 Å². The van der Waals surface area contributed by atoms with Gasteiger partial charge in [0, 0.05) is 5.92 Å². The summed E-state index contributed by atoms with van der Waals surface area (Å²) in [5, 5.41) is 9.27. The van der Waals surface area contributed by atoms with Crippen LogP contribution in [-0.4, -0.2) is 11.2 Å². The summed E-state index contributed by atoms with van der Waals surface area (Å²) in [5.74, 6) is -2.07. The first-order valence-electron chi connectivity index (χ1n) is 4.57. The second-order valence-corrected chi connectivity index (χ2v) is 3.63. The predicted molar refractivity (Wildman–Crippen MR) is 51.2 cm³/mol. The molecule has 78 valence electrons. The number of rotatable bonds is 2. The lowest BCUT2D eigenvalue weighted by Crippen LogP contribution is -2.13. The number of aliphatic hydroxyl groups is 1. The quantitative estimate of drug-likeness (QED) is 0.778. The van der Waals surface area contributed by atoms with Gasteiger partial charge in [0.15, 0.2) is 11.6 Å². The highest BCUT2D eigenvalue weighted by atomic mass is 19.2. The molecule has 0 aliphatic heterocycles. The zero-order valence-electron chi connectivity index (χ0n) is 8.51. The summed E-state index contributed by atoms with van der Waals surface area (Å²) < 4.78 is 26.5. The van der Waals surface area contributed by atoms with Crippen LogP contribution in [0.1, 0.15) is 30.9 Å². The Kier molecular flexibility index (Phi) is 3.21. The molecule has 0 spiro atoms. The zero-order valence-corrected chi connectivity index (χ0v) is 8.51. The second-order valence-electron chi connectivity index (χ2n) is 3.63. The average Bonchev–Trinajstić information content (AvgIpc) is 2.13. The van der Waals surface area contributed by atoms with Crippen molar-refractivity contribution in [2.24, 2.45) is 0 Å². The molecule has 2 unspecified atom stereocenters. The van der Waals surface area contributed by atoms with Gasteiger partial charge in [0.1, 0.15) is 0 Å². The van der Waals surface area contributed by atoms with E-state index in [1.165, 1.54) is 19.1 Å². The molecule has 0 aliphatic carbocycles. The number of benzene rings is 1. The number of hydrogen-bond acceptors (Lipinski definition) is 1. The predicted octanol–water partition coefficient (Wildman–Crippen LogP) is 2.76. The highest BCUT2D eigenvalue weighted by Crippen LogP contribution is 2.25. The van der Waals surface area contributed by atoms with Crippen LogP contribution in [-0.2, 0) is 0 Å². The fourth-order valence-electron chi connectivity index (χ4n) is 1.27. The maximum absolute atomic E-state index is 13.4. The van der Waals surface area contributed by atoms with Crippen molar-refractivity contribution in [2.45, 2.75) is 32.8 Å². The van der Waals surface area contributed by atoms with Crippen LogP contribution < -0.4 is 0 Å². The molecule has 0 fully saturated rings. The summed E-state index contributed by atoms with van der Waals surface area (Å²) in [6.07, 6.45) is -0.688. The van der Waals surface area contributed by atoms with Gasteiger partial charge in [-0.3, -0.25) is 0 Å². The summed E-state index contributed by atoms with van der Waals surface area (Å²) in [6.45, 7) is 4.73. The van der Waals surface area contributed by atoms with E-state index in [1.807, 2.05) is 0 Å². The summed E-state index contributed by atoms with van der Waals surface area (Å²) in [5.41, 5.74) is 0.507. The van der Waals surface area contributed by atoms with E-state index < -0.39 is 23.7 Å². The van der Waals surface area contributed by atoms with Gasteiger partial charge < -0.3 is 5.11 Å². The molecule has 1 rings (SSSR count). The molecule has 14 heavy (non-hydrogen) atoms. The van der Waals surface area contributed by atoms with Crippen molar-refractivity contribution in [2.75, 3.05) is 0 Å². The molecule has 3 heteroatoms. The van der Waals surface area contributed by atoms with Crippen LogP contribution in [0, 0.1) is 18.6 Å². The van der Waals surface area contributed by atoms with Crippen LogP contribution in [0.15, 0.2) is 12.1 Å². The van der Waals surface area contributed by atoms with Crippen molar-refractivity contribution in [1.29, 1.82) is 0 Å². The number of aryl methyl sites for hydroxylation is 1. The van der Waals surface area contributed by atoms with Gasteiger partial charge in [-0.25, -0.2) is 8.78 Å². The van der Waals surface area contributed by atoms with Gasteiger partial charge in [-0.15, -0.1) is 0 Å². The van der Waals surface area contributed by atoms with Gasteiger partial charge in [-0.05, 0) is 25.0 Å². The Morgan fingerprint density at radius 2 is 1.71 bits per heavy atom. The van der Waals surface area contributed by atoms with Gasteiger partial charge in [0.05, 0.1) is 6.10 Å². The molecule has 0 amide bonds. The van der Waals surface area contributed by atoms with Crippen molar-refractivity contribution >= 4 is 0 Å². The van der Waals surface area contributed by atoms with Crippen LogP contribution in [0.2, 0.25) is 0 Å². The summed E-state index contributed by atoms with van der Waals surface area (Å²) in [6, 6.07) is 3.04. The van der Waals surface area contributed by atoms with Gasteiger partial charge in [-0.1, -0.05) is 19.1 Å². The van der Waals surface area contributed by atoms with E-state index in [0.29, 0.717) is 0 Å². The summed E-state index contributed by atoms with van der Waals surface area (Å²) in [7, 11) is 0. The third-order valence-electron chi connectivity index (χ3n) is 2.52. The van der Waals surface area contributed by atoms with Crippen molar-refractivity contribution in [3.63, 3.8) is 0 Å². The molecular weight excluding hydrogens is 186 g/mol. The Hall–Kier alpha value is -0.960. The van der Waals surface area contributed by atoms with E-state index >= 15 is 0 Å². The van der Waals surface area contributed by atoms with Crippen LogP contribution >= 0.6 is 0 Å². The normalized spacial score (nSPS) is 15.3. The minimum atomic E-state index is -0.849. The lowest BCUT2D eigenvalue weighted by Gasteiger charge is -2.16. The number of aliphatic hydroxyl groups excluding tert-OH is 1. The first-order valence-corrected chi connectivity index (χ1v) is 4.57. The van der Waals surface area contributed by atoms with Crippen molar-refractivity contribution in [3.8, 4) is 0 Å². The van der Waals surface area contributed by atoms with Crippen LogP contribution in [0.4, 0.5) is 8.78 Å². The maximum Gasteiger partial charge on any atom is 0.162 e. The van der Waals surface area contributed by atoms with Crippen molar-refractivity contribution < 1.29 is 13.9 Å². The first-order chi connectivity index (χ1) is 6.45. The molecule has 0 aliphatic rings. The molecule has 0 radical (unpaired) electrons. The van der Waals surface area contributed by atoms with Crippen LogP contribution in [0.3, 0.4) is 0 Å². The Balaban J connectivity index is 3.17. The van der Waals surface area contributed by atoms with E-state index in [9.17, 15) is 13.9 Å². The van der Waals surface area contributed by atoms with Gasteiger partial charge >= 0.3 is 0 Å². The fourth-order valence-corrected chi connectivity index (χ4v) is 1.27. The molecule has 0 aromatic heterocycles. The molecule has 0 bridgehead atoms. The summed E-state index contributed by atoms with van der Waals surface area (Å²) >= 11 is 0. The average molecular weight is 200 g/mol. The fraction of sp³-hybridized carbons (Fsp3) is 0.455. The molecular formula is C11H14F2O. The third kappa shape index (κ3) is 1.93. The topological polar surface area (TPSA) is 20.2 Å². The van der Waals surface area contributed by atoms with E-state index in [0.717, 1.165) is 0 Å². The molecule has 1 N–H and O–H groups in total. The molecule has 0 saturated heterocycles. The van der Waals surface area contributed by atoms with Crippen molar-refractivity contribution in [1.82, 2.24) is 0 Å². The van der Waals surface area contributed by atoms with E-state index in [2.05, 4.69) is 0 Å². The Morgan fingerprint density at radius 1 is 1.14 bits per heavy atom. The minimum absolute atomic E-state index is 0.225. The lowest BCUT2D eigenvalue weighted by atomic mass is 9.95. The highest BCUT2D eigenvalue weighted by Gasteiger charge is 2.19. The molecule has 1 aromatic rings.